The van der Waals surface area contributed by atoms with Crippen LogP contribution in [0.2, 0.25) is 0 Å². The first kappa shape index (κ1) is 11.9. The standard InChI is InChI=1S/C13H24N2O/c1-3-11-6-8-15(9-11)13(16)12-10(2)5-4-7-14-12/h10-12,14H,3-9H2,1-2H3. The van der Waals surface area contributed by atoms with Gasteiger partial charge in [0.05, 0.1) is 6.04 Å². The monoisotopic (exact) mass is 224 g/mol. The van der Waals surface area contributed by atoms with Gasteiger partial charge in [-0.1, -0.05) is 20.3 Å². The van der Waals surface area contributed by atoms with Gasteiger partial charge >= 0.3 is 0 Å². The molecule has 16 heavy (non-hydrogen) atoms. The summed E-state index contributed by atoms with van der Waals surface area (Å²) >= 11 is 0. The lowest BCUT2D eigenvalue weighted by molar-refractivity contribution is -0.134. The molecule has 0 aromatic carbocycles. The van der Waals surface area contributed by atoms with Crippen LogP contribution in [0.15, 0.2) is 0 Å². The van der Waals surface area contributed by atoms with Gasteiger partial charge < -0.3 is 10.2 Å². The average Bonchev–Trinajstić information content (AvgIpc) is 2.77. The lowest BCUT2D eigenvalue weighted by Gasteiger charge is -2.32. The number of likely N-dealkylation sites (tertiary alicyclic amines) is 1. The van der Waals surface area contributed by atoms with Crippen molar-refractivity contribution in [1.82, 2.24) is 10.2 Å². The molecule has 3 heteroatoms. The largest absolute Gasteiger partial charge is 0.341 e. The number of hydrogen-bond acceptors (Lipinski definition) is 2. The molecule has 92 valence electrons. The van der Waals surface area contributed by atoms with Gasteiger partial charge in [0.1, 0.15) is 0 Å². The molecule has 2 fully saturated rings. The van der Waals surface area contributed by atoms with Gasteiger partial charge in [-0.2, -0.15) is 0 Å². The highest BCUT2D eigenvalue weighted by Gasteiger charge is 2.33. The van der Waals surface area contributed by atoms with E-state index in [1.807, 2.05) is 0 Å². The topological polar surface area (TPSA) is 32.3 Å². The van der Waals surface area contributed by atoms with Crippen molar-refractivity contribution in [3.8, 4) is 0 Å². The Morgan fingerprint density at radius 3 is 2.88 bits per heavy atom. The van der Waals surface area contributed by atoms with E-state index in [9.17, 15) is 4.79 Å². The van der Waals surface area contributed by atoms with Crippen LogP contribution in [0.3, 0.4) is 0 Å². The van der Waals surface area contributed by atoms with Crippen LogP contribution in [0.25, 0.3) is 0 Å². The second kappa shape index (κ2) is 5.17. The fourth-order valence-corrected chi connectivity index (χ4v) is 2.94. The fraction of sp³-hybridized carbons (Fsp3) is 0.923. The summed E-state index contributed by atoms with van der Waals surface area (Å²) in [5, 5.41) is 3.39. The third-order valence-electron chi connectivity index (χ3n) is 4.21. The summed E-state index contributed by atoms with van der Waals surface area (Å²) in [7, 11) is 0. The van der Waals surface area contributed by atoms with E-state index in [1.165, 1.54) is 25.7 Å². The fourth-order valence-electron chi connectivity index (χ4n) is 2.94. The predicted octanol–water partition coefficient (Wildman–Crippen LogP) is 1.63. The van der Waals surface area contributed by atoms with Crippen LogP contribution >= 0.6 is 0 Å². The van der Waals surface area contributed by atoms with Gasteiger partial charge in [-0.05, 0) is 37.6 Å². The van der Waals surface area contributed by atoms with Gasteiger partial charge in [0.25, 0.3) is 0 Å². The Hall–Kier alpha value is -0.570. The molecule has 2 rings (SSSR count). The summed E-state index contributed by atoms with van der Waals surface area (Å²) in [5.74, 6) is 1.59. The van der Waals surface area contributed by atoms with E-state index in [4.69, 9.17) is 0 Å². The van der Waals surface area contributed by atoms with E-state index in [2.05, 4.69) is 24.1 Å². The molecular formula is C13H24N2O. The maximum absolute atomic E-state index is 12.3. The molecule has 2 heterocycles. The molecule has 0 aliphatic carbocycles. The van der Waals surface area contributed by atoms with Gasteiger partial charge in [0, 0.05) is 13.1 Å². The molecule has 3 unspecified atom stereocenters. The Bertz CT molecular complexity index is 254. The van der Waals surface area contributed by atoms with Crippen molar-refractivity contribution in [2.24, 2.45) is 11.8 Å². The van der Waals surface area contributed by atoms with Gasteiger partial charge in [0.2, 0.25) is 5.91 Å². The molecule has 0 spiro atoms. The molecule has 3 atom stereocenters. The predicted molar refractivity (Wildman–Crippen MR) is 65.2 cm³/mol. The van der Waals surface area contributed by atoms with Crippen LogP contribution in [-0.2, 0) is 4.79 Å². The van der Waals surface area contributed by atoms with Gasteiger partial charge in [-0.15, -0.1) is 0 Å². The van der Waals surface area contributed by atoms with Crippen LogP contribution in [0, 0.1) is 11.8 Å². The average molecular weight is 224 g/mol. The van der Waals surface area contributed by atoms with E-state index in [0.717, 1.165) is 25.6 Å². The summed E-state index contributed by atoms with van der Waals surface area (Å²) in [6.45, 7) is 7.39. The lowest BCUT2D eigenvalue weighted by atomic mass is 9.92. The number of carbonyl (C=O) groups excluding carboxylic acids is 1. The minimum atomic E-state index is 0.0874. The third-order valence-corrected chi connectivity index (χ3v) is 4.21. The SMILES string of the molecule is CCC1CCN(C(=O)C2NCCCC2C)C1. The highest BCUT2D eigenvalue weighted by Crippen LogP contribution is 2.23. The smallest absolute Gasteiger partial charge is 0.239 e. The normalized spacial score (nSPS) is 35.4. The molecule has 0 aromatic rings. The van der Waals surface area contributed by atoms with Crippen molar-refractivity contribution in [2.45, 2.75) is 45.6 Å². The molecule has 0 bridgehead atoms. The van der Waals surface area contributed by atoms with Crippen molar-refractivity contribution in [1.29, 1.82) is 0 Å². The quantitative estimate of drug-likeness (QED) is 0.773. The molecule has 2 aliphatic rings. The summed E-state index contributed by atoms with van der Waals surface area (Å²) < 4.78 is 0. The molecule has 2 saturated heterocycles. The maximum atomic E-state index is 12.3. The van der Waals surface area contributed by atoms with Crippen LogP contribution < -0.4 is 5.32 Å². The highest BCUT2D eigenvalue weighted by molar-refractivity contribution is 5.82. The Morgan fingerprint density at radius 1 is 1.44 bits per heavy atom. The minimum absolute atomic E-state index is 0.0874. The zero-order chi connectivity index (χ0) is 11.5. The summed E-state index contributed by atoms with van der Waals surface area (Å²) in [4.78, 5) is 14.4. The Morgan fingerprint density at radius 2 is 2.25 bits per heavy atom. The zero-order valence-corrected chi connectivity index (χ0v) is 10.5. The lowest BCUT2D eigenvalue weighted by Crippen LogP contribution is -2.51. The number of rotatable bonds is 2. The van der Waals surface area contributed by atoms with Crippen molar-refractivity contribution >= 4 is 5.91 Å². The van der Waals surface area contributed by atoms with Crippen LogP contribution in [0.1, 0.15) is 39.5 Å². The first-order valence-electron chi connectivity index (χ1n) is 6.74. The Kier molecular flexibility index (Phi) is 3.85. The Balaban J connectivity index is 1.91. The van der Waals surface area contributed by atoms with E-state index in [0.29, 0.717) is 11.8 Å². The summed E-state index contributed by atoms with van der Waals surface area (Å²) in [6.07, 6.45) is 4.80. The summed E-state index contributed by atoms with van der Waals surface area (Å²) in [6, 6.07) is 0.0874. The highest BCUT2D eigenvalue weighted by atomic mass is 16.2. The van der Waals surface area contributed by atoms with Crippen LogP contribution in [0.4, 0.5) is 0 Å². The number of nitrogens with zero attached hydrogens (tertiary/aromatic N) is 1. The van der Waals surface area contributed by atoms with Crippen molar-refractivity contribution in [2.75, 3.05) is 19.6 Å². The maximum Gasteiger partial charge on any atom is 0.239 e. The van der Waals surface area contributed by atoms with Crippen LogP contribution in [-0.4, -0.2) is 36.5 Å². The van der Waals surface area contributed by atoms with Crippen LogP contribution in [0.5, 0.6) is 0 Å². The van der Waals surface area contributed by atoms with Gasteiger partial charge in [0.15, 0.2) is 0 Å². The van der Waals surface area contributed by atoms with Crippen molar-refractivity contribution < 1.29 is 4.79 Å². The van der Waals surface area contributed by atoms with E-state index in [-0.39, 0.29) is 6.04 Å². The molecular weight excluding hydrogens is 200 g/mol. The van der Waals surface area contributed by atoms with E-state index >= 15 is 0 Å². The third kappa shape index (κ3) is 2.40. The number of piperidine rings is 1. The number of carbonyl (C=O) groups is 1. The molecule has 0 saturated carbocycles. The summed E-state index contributed by atoms with van der Waals surface area (Å²) in [5.41, 5.74) is 0. The first-order valence-corrected chi connectivity index (χ1v) is 6.74. The van der Waals surface area contributed by atoms with E-state index in [1.54, 1.807) is 0 Å². The second-order valence-corrected chi connectivity index (χ2v) is 5.40. The number of hydrogen-bond donors (Lipinski definition) is 1. The van der Waals surface area contributed by atoms with Crippen molar-refractivity contribution in [3.63, 3.8) is 0 Å². The minimum Gasteiger partial charge on any atom is -0.341 e. The molecule has 2 aliphatic heterocycles. The molecule has 0 radical (unpaired) electrons. The first-order chi connectivity index (χ1) is 7.72. The number of nitrogens with one attached hydrogen (secondary N) is 1. The van der Waals surface area contributed by atoms with Crippen molar-refractivity contribution in [3.05, 3.63) is 0 Å². The molecule has 0 aromatic heterocycles. The van der Waals surface area contributed by atoms with Gasteiger partial charge in [-0.25, -0.2) is 0 Å². The number of amides is 1. The second-order valence-electron chi connectivity index (χ2n) is 5.40. The zero-order valence-electron chi connectivity index (χ0n) is 10.5. The molecule has 1 N–H and O–H groups in total. The molecule has 1 amide bonds. The van der Waals surface area contributed by atoms with E-state index < -0.39 is 0 Å². The molecule has 3 nitrogen and oxygen atoms in total. The Labute approximate surface area is 98.6 Å². The van der Waals surface area contributed by atoms with Gasteiger partial charge in [-0.3, -0.25) is 4.79 Å².